The molecule has 1 atom stereocenters. The molecule has 5 heteroatoms. The van der Waals surface area contributed by atoms with E-state index in [4.69, 9.17) is 15.2 Å². The predicted molar refractivity (Wildman–Crippen MR) is 78.7 cm³/mol. The van der Waals surface area contributed by atoms with Crippen molar-refractivity contribution in [1.29, 1.82) is 0 Å². The number of nitrogen functional groups attached to an aromatic ring is 1. The molecular formula is C14H25N3O2. The van der Waals surface area contributed by atoms with Crippen LogP contribution < -0.4 is 15.4 Å². The third-order valence-electron chi connectivity index (χ3n) is 2.86. The maximum absolute atomic E-state index is 5.88. The zero-order valence-corrected chi connectivity index (χ0v) is 12.5. The molecule has 0 fully saturated rings. The Morgan fingerprint density at radius 3 is 2.53 bits per heavy atom. The molecule has 0 aliphatic rings. The Kier molecular flexibility index (Phi) is 5.89. The lowest BCUT2D eigenvalue weighted by Crippen LogP contribution is -2.33. The van der Waals surface area contributed by atoms with E-state index in [0.717, 1.165) is 5.82 Å². The number of nitrogens with two attached hydrogens (primary N) is 1. The first-order valence-corrected chi connectivity index (χ1v) is 6.56. The number of nitrogens with zero attached hydrogens (tertiary/aromatic N) is 2. The summed E-state index contributed by atoms with van der Waals surface area (Å²) in [6.07, 6.45) is 0. The fourth-order valence-corrected chi connectivity index (χ4v) is 1.58. The highest BCUT2D eigenvalue weighted by molar-refractivity contribution is 5.54. The molecule has 1 heterocycles. The Morgan fingerprint density at radius 2 is 1.95 bits per heavy atom. The fourth-order valence-electron chi connectivity index (χ4n) is 1.58. The van der Waals surface area contributed by atoms with Crippen LogP contribution in [0.1, 0.15) is 20.8 Å². The summed E-state index contributed by atoms with van der Waals surface area (Å²) >= 11 is 0. The van der Waals surface area contributed by atoms with Gasteiger partial charge in [-0.1, -0.05) is 13.8 Å². The summed E-state index contributed by atoms with van der Waals surface area (Å²) in [5, 5.41) is 0. The number of pyridine rings is 1. The summed E-state index contributed by atoms with van der Waals surface area (Å²) in [7, 11) is 3.67. The van der Waals surface area contributed by atoms with E-state index in [1.165, 1.54) is 0 Å². The second-order valence-corrected chi connectivity index (χ2v) is 5.18. The third kappa shape index (κ3) is 4.59. The van der Waals surface area contributed by atoms with E-state index in [1.54, 1.807) is 7.11 Å². The minimum Gasteiger partial charge on any atom is -0.476 e. The molecule has 0 aromatic carbocycles. The number of hydrogen-bond acceptors (Lipinski definition) is 5. The van der Waals surface area contributed by atoms with Crippen molar-refractivity contribution in [2.24, 2.45) is 5.92 Å². The Morgan fingerprint density at radius 1 is 1.26 bits per heavy atom. The SMILES string of the molecule is COCC(C)N(C)c1ccc(N)c(OCC(C)C)n1. The zero-order valence-electron chi connectivity index (χ0n) is 12.5. The lowest BCUT2D eigenvalue weighted by Gasteiger charge is -2.26. The van der Waals surface area contributed by atoms with Crippen molar-refractivity contribution < 1.29 is 9.47 Å². The van der Waals surface area contributed by atoms with E-state index >= 15 is 0 Å². The van der Waals surface area contributed by atoms with Crippen molar-refractivity contribution in [2.45, 2.75) is 26.8 Å². The average molecular weight is 267 g/mol. The molecular weight excluding hydrogens is 242 g/mol. The summed E-state index contributed by atoms with van der Waals surface area (Å²) in [6.45, 7) is 7.51. The third-order valence-corrected chi connectivity index (χ3v) is 2.86. The second kappa shape index (κ2) is 7.19. The van der Waals surface area contributed by atoms with Gasteiger partial charge in [-0.25, -0.2) is 0 Å². The standard InChI is InChI=1S/C14H25N3O2/c1-10(2)8-19-14-12(15)6-7-13(16-14)17(4)11(3)9-18-5/h6-7,10-11H,8-9,15H2,1-5H3. The average Bonchev–Trinajstić information content (AvgIpc) is 2.37. The normalized spacial score (nSPS) is 12.5. The van der Waals surface area contributed by atoms with Crippen molar-refractivity contribution in [3.05, 3.63) is 12.1 Å². The van der Waals surface area contributed by atoms with Gasteiger partial charge >= 0.3 is 0 Å². The molecule has 0 spiro atoms. The van der Waals surface area contributed by atoms with Crippen LogP contribution >= 0.6 is 0 Å². The molecule has 0 radical (unpaired) electrons. The molecule has 0 aliphatic heterocycles. The van der Waals surface area contributed by atoms with Gasteiger partial charge in [-0.2, -0.15) is 4.98 Å². The molecule has 5 nitrogen and oxygen atoms in total. The van der Waals surface area contributed by atoms with Crippen LogP contribution in [0.5, 0.6) is 5.88 Å². The van der Waals surface area contributed by atoms with Crippen LogP contribution in [0.3, 0.4) is 0 Å². The van der Waals surface area contributed by atoms with Gasteiger partial charge in [0.15, 0.2) is 0 Å². The Bertz CT molecular complexity index is 396. The molecule has 108 valence electrons. The highest BCUT2D eigenvalue weighted by Gasteiger charge is 2.13. The molecule has 19 heavy (non-hydrogen) atoms. The summed E-state index contributed by atoms with van der Waals surface area (Å²) in [5.41, 5.74) is 6.45. The Hall–Kier alpha value is -1.49. The van der Waals surface area contributed by atoms with Crippen molar-refractivity contribution >= 4 is 11.5 Å². The van der Waals surface area contributed by atoms with E-state index < -0.39 is 0 Å². The minimum absolute atomic E-state index is 0.235. The number of ether oxygens (including phenoxy) is 2. The molecule has 1 rings (SSSR count). The van der Waals surface area contributed by atoms with Gasteiger partial charge in [-0.15, -0.1) is 0 Å². The largest absolute Gasteiger partial charge is 0.476 e. The fraction of sp³-hybridized carbons (Fsp3) is 0.643. The van der Waals surface area contributed by atoms with Gasteiger partial charge < -0.3 is 20.1 Å². The van der Waals surface area contributed by atoms with Gasteiger partial charge in [0, 0.05) is 14.2 Å². The summed E-state index contributed by atoms with van der Waals surface area (Å²) in [6, 6.07) is 3.96. The Labute approximate surface area is 115 Å². The summed E-state index contributed by atoms with van der Waals surface area (Å²) in [4.78, 5) is 6.52. The van der Waals surface area contributed by atoms with Crippen LogP contribution in [0.25, 0.3) is 0 Å². The van der Waals surface area contributed by atoms with Gasteiger partial charge in [0.05, 0.1) is 24.9 Å². The molecule has 0 saturated heterocycles. The minimum atomic E-state index is 0.235. The smallest absolute Gasteiger partial charge is 0.239 e. The van der Waals surface area contributed by atoms with Crippen LogP contribution in [0.15, 0.2) is 12.1 Å². The number of rotatable bonds is 7. The van der Waals surface area contributed by atoms with Gasteiger partial charge in [0.25, 0.3) is 0 Å². The first-order chi connectivity index (χ1) is 8.95. The van der Waals surface area contributed by atoms with Crippen molar-refractivity contribution in [3.63, 3.8) is 0 Å². The first-order valence-electron chi connectivity index (χ1n) is 6.56. The highest BCUT2D eigenvalue weighted by Crippen LogP contribution is 2.24. The summed E-state index contributed by atoms with van der Waals surface area (Å²) < 4.78 is 10.8. The number of methoxy groups -OCH3 is 1. The maximum atomic E-state index is 5.88. The zero-order chi connectivity index (χ0) is 14.4. The van der Waals surface area contributed by atoms with Crippen LogP contribution in [-0.4, -0.2) is 38.4 Å². The van der Waals surface area contributed by atoms with Crippen LogP contribution in [0, 0.1) is 5.92 Å². The second-order valence-electron chi connectivity index (χ2n) is 5.18. The number of anilines is 2. The van der Waals surface area contributed by atoms with E-state index in [9.17, 15) is 0 Å². The molecule has 0 amide bonds. The van der Waals surface area contributed by atoms with E-state index in [1.807, 2.05) is 24.1 Å². The summed E-state index contributed by atoms with van der Waals surface area (Å²) in [5.74, 6) is 1.77. The quantitative estimate of drug-likeness (QED) is 0.820. The molecule has 2 N–H and O–H groups in total. The van der Waals surface area contributed by atoms with Crippen LogP contribution in [0.4, 0.5) is 11.5 Å². The van der Waals surface area contributed by atoms with E-state index in [-0.39, 0.29) is 6.04 Å². The monoisotopic (exact) mass is 267 g/mol. The van der Waals surface area contributed by atoms with Gasteiger partial charge in [-0.05, 0) is 25.0 Å². The Balaban J connectivity index is 2.82. The number of likely N-dealkylation sites (N-methyl/N-ethyl adjacent to an activating group) is 1. The van der Waals surface area contributed by atoms with Gasteiger partial charge in [0.2, 0.25) is 5.88 Å². The molecule has 0 bridgehead atoms. The maximum Gasteiger partial charge on any atom is 0.239 e. The number of hydrogen-bond donors (Lipinski definition) is 1. The molecule has 1 aromatic heterocycles. The predicted octanol–water partition coefficient (Wildman–Crippen LogP) is 2.17. The molecule has 0 saturated carbocycles. The van der Waals surface area contributed by atoms with Gasteiger partial charge in [0.1, 0.15) is 5.82 Å². The highest BCUT2D eigenvalue weighted by atomic mass is 16.5. The van der Waals surface area contributed by atoms with Crippen molar-refractivity contribution in [2.75, 3.05) is 38.0 Å². The van der Waals surface area contributed by atoms with Crippen LogP contribution in [-0.2, 0) is 4.74 Å². The van der Waals surface area contributed by atoms with Crippen molar-refractivity contribution in [3.8, 4) is 5.88 Å². The molecule has 1 aromatic rings. The van der Waals surface area contributed by atoms with Gasteiger partial charge in [-0.3, -0.25) is 0 Å². The molecule has 0 aliphatic carbocycles. The van der Waals surface area contributed by atoms with Crippen molar-refractivity contribution in [1.82, 2.24) is 4.98 Å². The van der Waals surface area contributed by atoms with E-state index in [0.29, 0.717) is 30.7 Å². The van der Waals surface area contributed by atoms with Crippen LogP contribution in [0.2, 0.25) is 0 Å². The number of aromatic nitrogens is 1. The lowest BCUT2D eigenvalue weighted by atomic mass is 10.2. The van der Waals surface area contributed by atoms with E-state index in [2.05, 4.69) is 25.8 Å². The lowest BCUT2D eigenvalue weighted by molar-refractivity contribution is 0.183. The topological polar surface area (TPSA) is 60.6 Å². The first kappa shape index (κ1) is 15.6. The molecule has 1 unspecified atom stereocenters.